The van der Waals surface area contributed by atoms with Crippen molar-refractivity contribution >= 4 is 21.8 Å². The van der Waals surface area contributed by atoms with E-state index in [0.717, 1.165) is 23.9 Å². The molecular formula is C17H18BrN3O2. The van der Waals surface area contributed by atoms with Gasteiger partial charge in [-0.1, -0.05) is 22.0 Å². The number of amides is 1. The summed E-state index contributed by atoms with van der Waals surface area (Å²) in [6, 6.07) is 11.0. The van der Waals surface area contributed by atoms with Crippen molar-refractivity contribution in [1.29, 1.82) is 0 Å². The number of hydrogen-bond acceptors (Lipinski definition) is 4. The SMILES string of the molecule is N[C@H]1CCCN(C(=O)c2ccc(Oc3cccc(Br)c3)nc2)C1. The van der Waals surface area contributed by atoms with E-state index in [1.807, 2.05) is 24.3 Å². The van der Waals surface area contributed by atoms with Gasteiger partial charge in [-0.15, -0.1) is 0 Å². The first kappa shape index (κ1) is 16.0. The minimum Gasteiger partial charge on any atom is -0.439 e. The van der Waals surface area contributed by atoms with Crippen molar-refractivity contribution < 1.29 is 9.53 Å². The van der Waals surface area contributed by atoms with E-state index >= 15 is 0 Å². The second-order valence-electron chi connectivity index (χ2n) is 5.60. The molecule has 0 aliphatic carbocycles. The second-order valence-corrected chi connectivity index (χ2v) is 6.51. The Bertz CT molecular complexity index is 690. The van der Waals surface area contributed by atoms with Crippen LogP contribution in [0.2, 0.25) is 0 Å². The molecule has 1 atom stereocenters. The normalized spacial score (nSPS) is 17.8. The molecule has 1 aliphatic heterocycles. The summed E-state index contributed by atoms with van der Waals surface area (Å²) in [7, 11) is 0. The molecule has 0 radical (unpaired) electrons. The van der Waals surface area contributed by atoms with Crippen molar-refractivity contribution in [3.63, 3.8) is 0 Å². The molecule has 0 saturated carbocycles. The number of carbonyl (C=O) groups is 1. The highest BCUT2D eigenvalue weighted by molar-refractivity contribution is 9.10. The van der Waals surface area contributed by atoms with Gasteiger partial charge in [0.05, 0.1) is 5.56 Å². The summed E-state index contributed by atoms with van der Waals surface area (Å²) < 4.78 is 6.60. The number of ether oxygens (including phenoxy) is 1. The lowest BCUT2D eigenvalue weighted by molar-refractivity contribution is 0.0708. The van der Waals surface area contributed by atoms with Gasteiger partial charge >= 0.3 is 0 Å². The van der Waals surface area contributed by atoms with Crippen LogP contribution in [0.5, 0.6) is 11.6 Å². The Morgan fingerprint density at radius 2 is 2.22 bits per heavy atom. The summed E-state index contributed by atoms with van der Waals surface area (Å²) in [4.78, 5) is 18.5. The van der Waals surface area contributed by atoms with Crippen LogP contribution in [0.15, 0.2) is 47.1 Å². The number of rotatable bonds is 3. The smallest absolute Gasteiger partial charge is 0.255 e. The van der Waals surface area contributed by atoms with Crippen LogP contribution >= 0.6 is 15.9 Å². The molecule has 5 nitrogen and oxygen atoms in total. The summed E-state index contributed by atoms with van der Waals surface area (Å²) >= 11 is 3.39. The van der Waals surface area contributed by atoms with Gasteiger partial charge in [-0.25, -0.2) is 4.98 Å². The maximum Gasteiger partial charge on any atom is 0.255 e. The zero-order valence-corrected chi connectivity index (χ0v) is 14.2. The van der Waals surface area contributed by atoms with Crippen LogP contribution in [-0.2, 0) is 0 Å². The van der Waals surface area contributed by atoms with Crippen molar-refractivity contribution in [1.82, 2.24) is 9.88 Å². The molecule has 120 valence electrons. The molecule has 2 heterocycles. The summed E-state index contributed by atoms with van der Waals surface area (Å²) in [5.74, 6) is 1.12. The lowest BCUT2D eigenvalue weighted by Gasteiger charge is -2.30. The Morgan fingerprint density at radius 1 is 1.35 bits per heavy atom. The van der Waals surface area contributed by atoms with Gasteiger partial charge in [0.1, 0.15) is 5.75 Å². The molecule has 1 aromatic heterocycles. The molecule has 1 aliphatic rings. The van der Waals surface area contributed by atoms with E-state index in [1.165, 1.54) is 0 Å². The Balaban J connectivity index is 1.68. The monoisotopic (exact) mass is 375 g/mol. The average Bonchev–Trinajstić information content (AvgIpc) is 2.55. The van der Waals surface area contributed by atoms with Crippen LogP contribution < -0.4 is 10.5 Å². The zero-order chi connectivity index (χ0) is 16.2. The highest BCUT2D eigenvalue weighted by atomic mass is 79.9. The highest BCUT2D eigenvalue weighted by Gasteiger charge is 2.22. The van der Waals surface area contributed by atoms with Crippen LogP contribution in [-0.4, -0.2) is 34.9 Å². The molecule has 1 saturated heterocycles. The maximum absolute atomic E-state index is 12.4. The topological polar surface area (TPSA) is 68.5 Å². The predicted octanol–water partition coefficient (Wildman–Crippen LogP) is 3.20. The Labute approximate surface area is 143 Å². The van der Waals surface area contributed by atoms with Gasteiger partial charge < -0.3 is 15.4 Å². The fraction of sp³-hybridized carbons (Fsp3) is 0.294. The fourth-order valence-corrected chi connectivity index (χ4v) is 2.97. The van der Waals surface area contributed by atoms with Crippen LogP contribution in [0.25, 0.3) is 0 Å². The van der Waals surface area contributed by atoms with Crippen molar-refractivity contribution in [2.24, 2.45) is 5.73 Å². The molecule has 0 bridgehead atoms. The lowest BCUT2D eigenvalue weighted by Crippen LogP contribution is -2.45. The number of benzene rings is 1. The van der Waals surface area contributed by atoms with Crippen LogP contribution in [0.3, 0.4) is 0 Å². The van der Waals surface area contributed by atoms with Crippen molar-refractivity contribution in [2.45, 2.75) is 18.9 Å². The molecule has 1 aromatic carbocycles. The van der Waals surface area contributed by atoms with E-state index in [0.29, 0.717) is 23.7 Å². The van der Waals surface area contributed by atoms with Gasteiger partial charge in [-0.05, 0) is 37.1 Å². The summed E-state index contributed by atoms with van der Waals surface area (Å²) in [6.07, 6.45) is 3.47. The van der Waals surface area contributed by atoms with E-state index in [2.05, 4.69) is 20.9 Å². The number of aromatic nitrogens is 1. The molecule has 23 heavy (non-hydrogen) atoms. The zero-order valence-electron chi connectivity index (χ0n) is 12.6. The lowest BCUT2D eigenvalue weighted by atomic mass is 10.1. The van der Waals surface area contributed by atoms with Gasteiger partial charge in [0, 0.05) is 35.9 Å². The van der Waals surface area contributed by atoms with Gasteiger partial charge in [0.15, 0.2) is 0 Å². The number of likely N-dealkylation sites (tertiary alicyclic amines) is 1. The maximum atomic E-state index is 12.4. The van der Waals surface area contributed by atoms with E-state index < -0.39 is 0 Å². The van der Waals surface area contributed by atoms with Gasteiger partial charge in [-0.3, -0.25) is 4.79 Å². The third-order valence-electron chi connectivity index (χ3n) is 3.75. The van der Waals surface area contributed by atoms with Crippen LogP contribution in [0.1, 0.15) is 23.2 Å². The van der Waals surface area contributed by atoms with Crippen LogP contribution in [0.4, 0.5) is 0 Å². The largest absolute Gasteiger partial charge is 0.439 e. The molecule has 1 amide bonds. The molecule has 0 spiro atoms. The number of nitrogens with zero attached hydrogens (tertiary/aromatic N) is 2. The molecule has 1 fully saturated rings. The number of nitrogens with two attached hydrogens (primary N) is 1. The van der Waals surface area contributed by atoms with E-state index in [4.69, 9.17) is 10.5 Å². The second kappa shape index (κ2) is 7.10. The van der Waals surface area contributed by atoms with E-state index in [9.17, 15) is 4.79 Å². The van der Waals surface area contributed by atoms with Crippen molar-refractivity contribution in [2.75, 3.05) is 13.1 Å². The first-order chi connectivity index (χ1) is 11.1. The van der Waals surface area contributed by atoms with Crippen molar-refractivity contribution in [3.05, 3.63) is 52.6 Å². The number of carbonyl (C=O) groups excluding carboxylic acids is 1. The Morgan fingerprint density at radius 3 is 2.91 bits per heavy atom. The highest BCUT2D eigenvalue weighted by Crippen LogP contribution is 2.23. The number of halogens is 1. The molecule has 0 unspecified atom stereocenters. The molecule has 2 aromatic rings. The summed E-state index contributed by atoms with van der Waals surface area (Å²) in [5.41, 5.74) is 6.49. The summed E-state index contributed by atoms with van der Waals surface area (Å²) in [6.45, 7) is 1.36. The van der Waals surface area contributed by atoms with Gasteiger partial charge in [0.25, 0.3) is 5.91 Å². The summed E-state index contributed by atoms with van der Waals surface area (Å²) in [5, 5.41) is 0. The quantitative estimate of drug-likeness (QED) is 0.893. The minimum absolute atomic E-state index is 0.0262. The number of hydrogen-bond donors (Lipinski definition) is 1. The molecule has 2 N–H and O–H groups in total. The number of pyridine rings is 1. The minimum atomic E-state index is -0.0262. The van der Waals surface area contributed by atoms with Crippen LogP contribution in [0, 0.1) is 0 Å². The first-order valence-electron chi connectivity index (χ1n) is 7.56. The van der Waals surface area contributed by atoms with Crippen molar-refractivity contribution in [3.8, 4) is 11.6 Å². The molecule has 6 heteroatoms. The first-order valence-corrected chi connectivity index (χ1v) is 8.35. The third-order valence-corrected chi connectivity index (χ3v) is 4.24. The average molecular weight is 376 g/mol. The Kier molecular flexibility index (Phi) is 4.93. The standard InChI is InChI=1S/C17H18BrN3O2/c18-13-3-1-5-15(9-13)23-16-7-6-12(10-20-16)17(22)21-8-2-4-14(19)11-21/h1,3,5-7,9-10,14H,2,4,8,11,19H2/t14-/m0/s1. The Hall–Kier alpha value is -1.92. The van der Waals surface area contributed by atoms with Gasteiger partial charge in [0.2, 0.25) is 5.88 Å². The third kappa shape index (κ3) is 4.09. The predicted molar refractivity (Wildman–Crippen MR) is 91.6 cm³/mol. The molecule has 3 rings (SSSR count). The molecular weight excluding hydrogens is 358 g/mol. The van der Waals surface area contributed by atoms with E-state index in [1.54, 1.807) is 23.2 Å². The fourth-order valence-electron chi connectivity index (χ4n) is 2.60. The van der Waals surface area contributed by atoms with E-state index in [-0.39, 0.29) is 11.9 Å². The van der Waals surface area contributed by atoms with Gasteiger partial charge in [-0.2, -0.15) is 0 Å². The number of piperidine rings is 1.